The van der Waals surface area contributed by atoms with Gasteiger partial charge in [-0.25, -0.2) is 5.32 Å². The predicted octanol–water partition coefficient (Wildman–Crippen LogP) is 4.74. The van der Waals surface area contributed by atoms with Gasteiger partial charge < -0.3 is 0 Å². The maximum Gasteiger partial charge on any atom is 0.0161 e. The average Bonchev–Trinajstić information content (AvgIpc) is 2.32. The van der Waals surface area contributed by atoms with Gasteiger partial charge in [0.1, 0.15) is 0 Å². The van der Waals surface area contributed by atoms with Gasteiger partial charge in [-0.1, -0.05) is 67.2 Å². The van der Waals surface area contributed by atoms with E-state index in [0.717, 1.165) is 36.8 Å². The van der Waals surface area contributed by atoms with Gasteiger partial charge in [-0.05, 0) is 23.7 Å². The van der Waals surface area contributed by atoms with E-state index in [4.69, 9.17) is 5.32 Å². The summed E-state index contributed by atoms with van der Waals surface area (Å²) in [5, 5.41) is 4.80. The van der Waals surface area contributed by atoms with Crippen LogP contribution in [0.1, 0.15) is 67.2 Å². The third kappa shape index (κ3) is 6.45. The van der Waals surface area contributed by atoms with Crippen LogP contribution in [0.2, 0.25) is 0 Å². The van der Waals surface area contributed by atoms with Crippen molar-refractivity contribution >= 4 is 0 Å². The van der Waals surface area contributed by atoms with Crippen molar-refractivity contribution in [3.05, 3.63) is 0 Å². The zero-order valence-corrected chi connectivity index (χ0v) is 13.0. The lowest BCUT2D eigenvalue weighted by Crippen LogP contribution is -2.27. The highest BCUT2D eigenvalue weighted by Gasteiger charge is 2.16. The molecule has 1 heteroatoms. The van der Waals surface area contributed by atoms with Crippen molar-refractivity contribution in [2.75, 3.05) is 13.1 Å². The van der Waals surface area contributed by atoms with E-state index in [2.05, 4.69) is 41.5 Å². The maximum atomic E-state index is 4.80. The fraction of sp³-hybridized carbons (Fsp3) is 1.00. The fourth-order valence-electron chi connectivity index (χ4n) is 2.97. The number of rotatable bonds is 10. The molecule has 2 atom stereocenters. The molecule has 0 aromatic carbocycles. The van der Waals surface area contributed by atoms with Gasteiger partial charge in [-0.3, -0.25) is 0 Å². The van der Waals surface area contributed by atoms with Gasteiger partial charge in [0.05, 0.1) is 0 Å². The summed E-state index contributed by atoms with van der Waals surface area (Å²) in [6.07, 6.45) is 5.20. The zero-order chi connectivity index (χ0) is 13.3. The minimum absolute atomic E-state index is 0.763. The summed E-state index contributed by atoms with van der Waals surface area (Å²) in [4.78, 5) is 0. The van der Waals surface area contributed by atoms with Crippen LogP contribution in [0.15, 0.2) is 0 Å². The van der Waals surface area contributed by atoms with E-state index in [0.29, 0.717) is 0 Å². The molecule has 1 radical (unpaired) electrons. The van der Waals surface area contributed by atoms with Crippen LogP contribution < -0.4 is 5.32 Å². The van der Waals surface area contributed by atoms with Crippen molar-refractivity contribution < 1.29 is 0 Å². The molecular formula is C16H34N. The van der Waals surface area contributed by atoms with E-state index in [9.17, 15) is 0 Å². The molecule has 0 bridgehead atoms. The molecule has 0 N–H and O–H groups in total. The molecule has 0 aliphatic carbocycles. The first kappa shape index (κ1) is 17.0. The van der Waals surface area contributed by atoms with E-state index >= 15 is 0 Å². The molecule has 0 saturated heterocycles. The van der Waals surface area contributed by atoms with Crippen LogP contribution >= 0.6 is 0 Å². The number of nitrogens with zero attached hydrogens (tertiary/aromatic N) is 1. The van der Waals surface area contributed by atoms with Crippen molar-refractivity contribution in [3.8, 4) is 0 Å². The Morgan fingerprint density at radius 3 is 1.18 bits per heavy atom. The molecule has 0 aliphatic rings. The molecule has 2 unspecified atom stereocenters. The van der Waals surface area contributed by atoms with Crippen LogP contribution in [-0.4, -0.2) is 13.1 Å². The number of hydrogen-bond donors (Lipinski definition) is 0. The Kier molecular flexibility index (Phi) is 9.91. The molecule has 0 heterocycles. The Morgan fingerprint density at radius 2 is 0.941 bits per heavy atom. The number of hydrogen-bond acceptors (Lipinski definition) is 0. The Hall–Kier alpha value is -0.0400. The largest absolute Gasteiger partial charge is 0.241 e. The fourth-order valence-corrected chi connectivity index (χ4v) is 2.97. The van der Waals surface area contributed by atoms with Crippen molar-refractivity contribution in [1.82, 2.24) is 5.32 Å². The van der Waals surface area contributed by atoms with Gasteiger partial charge in [-0.2, -0.15) is 0 Å². The molecule has 0 amide bonds. The van der Waals surface area contributed by atoms with Crippen LogP contribution in [0.5, 0.6) is 0 Å². The predicted molar refractivity (Wildman–Crippen MR) is 78.3 cm³/mol. The van der Waals surface area contributed by atoms with E-state index < -0.39 is 0 Å². The summed E-state index contributed by atoms with van der Waals surface area (Å²) in [6.45, 7) is 16.1. The van der Waals surface area contributed by atoms with Gasteiger partial charge in [0, 0.05) is 13.1 Å². The lowest BCUT2D eigenvalue weighted by molar-refractivity contribution is 0.284. The minimum Gasteiger partial charge on any atom is -0.241 e. The second-order valence-electron chi connectivity index (χ2n) is 5.70. The summed E-state index contributed by atoms with van der Waals surface area (Å²) < 4.78 is 0. The molecule has 0 saturated carbocycles. The summed E-state index contributed by atoms with van der Waals surface area (Å²) in [7, 11) is 0. The SMILES string of the molecule is CCC(CC)C(C)C[N]CC(C)C(CC)CC. The first-order chi connectivity index (χ1) is 8.10. The van der Waals surface area contributed by atoms with Gasteiger partial charge in [0.15, 0.2) is 0 Å². The highest BCUT2D eigenvalue weighted by Crippen LogP contribution is 2.20. The normalized spacial score (nSPS) is 15.5. The molecule has 0 aliphatic heterocycles. The van der Waals surface area contributed by atoms with Gasteiger partial charge >= 0.3 is 0 Å². The molecule has 0 aromatic heterocycles. The maximum absolute atomic E-state index is 4.80. The second kappa shape index (κ2) is 9.94. The summed E-state index contributed by atoms with van der Waals surface area (Å²) >= 11 is 0. The Balaban J connectivity index is 3.82. The van der Waals surface area contributed by atoms with E-state index in [1.54, 1.807) is 0 Å². The average molecular weight is 240 g/mol. The standard InChI is InChI=1S/C16H34N/c1-7-15(8-2)13(5)11-17-12-14(6)16(9-3)10-4/h13-16H,7-12H2,1-6H3. The quantitative estimate of drug-likeness (QED) is 0.524. The molecule has 17 heavy (non-hydrogen) atoms. The van der Waals surface area contributed by atoms with Gasteiger partial charge in [0.2, 0.25) is 0 Å². The molecule has 0 aromatic rings. The summed E-state index contributed by atoms with van der Waals surface area (Å²) in [5.74, 6) is 3.25. The Morgan fingerprint density at radius 1 is 0.647 bits per heavy atom. The van der Waals surface area contributed by atoms with E-state index in [1.807, 2.05) is 0 Å². The van der Waals surface area contributed by atoms with Gasteiger partial charge in [0.25, 0.3) is 0 Å². The Labute approximate surface area is 110 Å². The van der Waals surface area contributed by atoms with Crippen molar-refractivity contribution in [3.63, 3.8) is 0 Å². The van der Waals surface area contributed by atoms with Gasteiger partial charge in [-0.15, -0.1) is 0 Å². The van der Waals surface area contributed by atoms with Crippen LogP contribution in [-0.2, 0) is 0 Å². The van der Waals surface area contributed by atoms with Crippen LogP contribution in [0.4, 0.5) is 0 Å². The molecular weight excluding hydrogens is 206 g/mol. The van der Waals surface area contributed by atoms with Crippen molar-refractivity contribution in [1.29, 1.82) is 0 Å². The molecule has 0 fully saturated rings. The zero-order valence-electron chi connectivity index (χ0n) is 13.0. The van der Waals surface area contributed by atoms with Crippen LogP contribution in [0, 0.1) is 23.7 Å². The second-order valence-corrected chi connectivity index (χ2v) is 5.70. The third-order valence-corrected chi connectivity index (χ3v) is 4.54. The monoisotopic (exact) mass is 240 g/mol. The van der Waals surface area contributed by atoms with Crippen molar-refractivity contribution in [2.45, 2.75) is 67.2 Å². The molecule has 0 spiro atoms. The summed E-state index contributed by atoms with van der Waals surface area (Å²) in [5.41, 5.74) is 0. The smallest absolute Gasteiger partial charge is 0.0161 e. The van der Waals surface area contributed by atoms with Crippen molar-refractivity contribution in [2.24, 2.45) is 23.7 Å². The van der Waals surface area contributed by atoms with E-state index in [-0.39, 0.29) is 0 Å². The molecule has 1 nitrogen and oxygen atoms in total. The van der Waals surface area contributed by atoms with Crippen LogP contribution in [0.25, 0.3) is 0 Å². The highest BCUT2D eigenvalue weighted by molar-refractivity contribution is 4.69. The lowest BCUT2D eigenvalue weighted by atomic mass is 9.87. The topological polar surface area (TPSA) is 14.1 Å². The first-order valence-corrected chi connectivity index (χ1v) is 7.73. The van der Waals surface area contributed by atoms with E-state index in [1.165, 1.54) is 25.7 Å². The summed E-state index contributed by atoms with van der Waals surface area (Å²) in [6, 6.07) is 0. The molecule has 0 rings (SSSR count). The first-order valence-electron chi connectivity index (χ1n) is 7.73. The minimum atomic E-state index is 0.763. The highest BCUT2D eigenvalue weighted by atomic mass is 14.9. The Bertz CT molecular complexity index is 141. The van der Waals surface area contributed by atoms with Crippen LogP contribution in [0.3, 0.4) is 0 Å². The molecule has 103 valence electrons. The lowest BCUT2D eigenvalue weighted by Gasteiger charge is -2.24. The third-order valence-electron chi connectivity index (χ3n) is 4.54.